The molecule has 0 bridgehead atoms. The number of ether oxygens (including phenoxy) is 2. The molecule has 0 aliphatic carbocycles. The molecular formula is C25H25F7N2O4. The zero-order chi connectivity index (χ0) is 28.6. The Kier molecular flexibility index (Phi) is 8.18. The lowest BCUT2D eigenvalue weighted by molar-refractivity contribution is -0.143. The van der Waals surface area contributed by atoms with E-state index in [1.807, 2.05) is 0 Å². The van der Waals surface area contributed by atoms with Gasteiger partial charge in [-0.1, -0.05) is 6.07 Å². The first-order valence-electron chi connectivity index (χ1n) is 11.5. The maximum Gasteiger partial charge on any atom is 0.416 e. The summed E-state index contributed by atoms with van der Waals surface area (Å²) >= 11 is 0. The number of rotatable bonds is 4. The highest BCUT2D eigenvalue weighted by atomic mass is 19.4. The predicted molar refractivity (Wildman–Crippen MR) is 122 cm³/mol. The number of anilines is 1. The van der Waals surface area contributed by atoms with Gasteiger partial charge in [-0.15, -0.1) is 0 Å². The van der Waals surface area contributed by atoms with E-state index in [4.69, 9.17) is 9.47 Å². The summed E-state index contributed by atoms with van der Waals surface area (Å²) in [5.74, 6) is -0.812. The van der Waals surface area contributed by atoms with Crippen molar-refractivity contribution in [3.8, 4) is 0 Å². The van der Waals surface area contributed by atoms with E-state index < -0.39 is 65.7 Å². The Labute approximate surface area is 213 Å². The lowest BCUT2D eigenvalue weighted by Crippen LogP contribution is -2.48. The number of hydrogen-bond donors (Lipinski definition) is 0. The number of methoxy groups -OCH3 is 1. The molecule has 1 aliphatic rings. The van der Waals surface area contributed by atoms with Crippen molar-refractivity contribution in [2.24, 2.45) is 0 Å². The van der Waals surface area contributed by atoms with Crippen LogP contribution in [0, 0.1) is 12.7 Å². The molecule has 0 saturated heterocycles. The van der Waals surface area contributed by atoms with E-state index in [9.17, 15) is 35.9 Å². The Bertz CT molecular complexity index is 1180. The zero-order valence-corrected chi connectivity index (χ0v) is 20.8. The Morgan fingerprint density at radius 1 is 1.03 bits per heavy atom. The third kappa shape index (κ3) is 5.97. The number of fused-ring (bicyclic) bond motifs is 1. The van der Waals surface area contributed by atoms with Gasteiger partial charge < -0.3 is 9.47 Å². The van der Waals surface area contributed by atoms with Crippen LogP contribution >= 0.6 is 0 Å². The molecule has 38 heavy (non-hydrogen) atoms. The molecule has 0 saturated carbocycles. The number of benzene rings is 2. The summed E-state index contributed by atoms with van der Waals surface area (Å²) < 4.78 is 106. The van der Waals surface area contributed by atoms with Crippen molar-refractivity contribution >= 4 is 17.9 Å². The van der Waals surface area contributed by atoms with Crippen molar-refractivity contribution in [1.29, 1.82) is 0 Å². The quantitative estimate of drug-likeness (QED) is 0.377. The number of aryl methyl sites for hydroxylation is 1. The van der Waals surface area contributed by atoms with Gasteiger partial charge >= 0.3 is 24.5 Å². The van der Waals surface area contributed by atoms with Crippen molar-refractivity contribution < 1.29 is 49.8 Å². The van der Waals surface area contributed by atoms with Gasteiger partial charge in [-0.3, -0.25) is 9.80 Å². The van der Waals surface area contributed by atoms with Gasteiger partial charge in [0, 0.05) is 18.2 Å². The van der Waals surface area contributed by atoms with Gasteiger partial charge in [0.2, 0.25) is 0 Å². The van der Waals surface area contributed by atoms with Crippen LogP contribution in [0.1, 0.15) is 54.1 Å². The molecule has 208 valence electrons. The van der Waals surface area contributed by atoms with E-state index in [1.165, 1.54) is 6.07 Å². The van der Waals surface area contributed by atoms with E-state index in [-0.39, 0.29) is 30.3 Å². The van der Waals surface area contributed by atoms with Crippen molar-refractivity contribution in [2.75, 3.05) is 18.6 Å². The number of alkyl halides is 6. The lowest BCUT2D eigenvalue weighted by Gasteiger charge is -2.42. The van der Waals surface area contributed by atoms with Crippen LogP contribution in [0.2, 0.25) is 0 Å². The van der Waals surface area contributed by atoms with Crippen LogP contribution in [0.25, 0.3) is 0 Å². The van der Waals surface area contributed by atoms with Crippen molar-refractivity contribution in [3.05, 3.63) is 64.0 Å². The highest BCUT2D eigenvalue weighted by molar-refractivity contribution is 5.90. The minimum atomic E-state index is -5.08. The standard InChI is InChI=1S/C25H25F7N2O4/c1-5-38-23(36)34-14(3)8-20(18-6-13(2)7-19(26)21(18)34)33(22(35)37-4)12-15-9-16(24(27,28)29)11-17(10-15)25(30,31)32/h6-7,9-11,14,20H,5,8,12H2,1-4H3. The normalized spacial score (nSPS) is 17.6. The maximum absolute atomic E-state index is 15.2. The van der Waals surface area contributed by atoms with Crippen molar-refractivity contribution in [2.45, 2.75) is 58.2 Å². The molecule has 2 amide bonds. The summed E-state index contributed by atoms with van der Waals surface area (Å²) in [6.07, 6.45) is -12.1. The van der Waals surface area contributed by atoms with Crippen LogP contribution < -0.4 is 4.90 Å². The average Bonchev–Trinajstić information content (AvgIpc) is 2.80. The second-order valence-electron chi connectivity index (χ2n) is 8.87. The van der Waals surface area contributed by atoms with E-state index in [1.54, 1.807) is 20.8 Å². The number of carbonyl (C=O) groups is 2. The largest absolute Gasteiger partial charge is 0.453 e. The molecule has 3 rings (SSSR count). The van der Waals surface area contributed by atoms with E-state index in [2.05, 4.69) is 0 Å². The minimum Gasteiger partial charge on any atom is -0.453 e. The van der Waals surface area contributed by atoms with Crippen molar-refractivity contribution in [1.82, 2.24) is 4.90 Å². The number of nitrogens with zero attached hydrogens (tertiary/aromatic N) is 2. The van der Waals surface area contributed by atoms with Crippen LogP contribution in [0.5, 0.6) is 0 Å². The minimum absolute atomic E-state index is 0.000331. The smallest absolute Gasteiger partial charge is 0.416 e. The Morgan fingerprint density at radius 2 is 1.61 bits per heavy atom. The highest BCUT2D eigenvalue weighted by Gasteiger charge is 2.42. The summed E-state index contributed by atoms with van der Waals surface area (Å²) in [6, 6.07) is 1.84. The molecule has 6 nitrogen and oxygen atoms in total. The second kappa shape index (κ2) is 10.7. The highest BCUT2D eigenvalue weighted by Crippen LogP contribution is 2.44. The Hall–Kier alpha value is -3.51. The Balaban J connectivity index is 2.17. The zero-order valence-electron chi connectivity index (χ0n) is 20.8. The van der Waals surface area contributed by atoms with Gasteiger partial charge in [-0.2, -0.15) is 26.3 Å². The summed E-state index contributed by atoms with van der Waals surface area (Å²) in [6.45, 7) is 3.95. The molecule has 0 aromatic heterocycles. The molecule has 2 aromatic rings. The van der Waals surface area contributed by atoms with Gasteiger partial charge in [0.1, 0.15) is 5.82 Å². The van der Waals surface area contributed by atoms with Gasteiger partial charge in [0.25, 0.3) is 0 Å². The van der Waals surface area contributed by atoms with Gasteiger partial charge in [-0.25, -0.2) is 14.0 Å². The molecule has 13 heteroatoms. The number of carbonyl (C=O) groups excluding carboxylic acids is 2. The third-order valence-corrected chi connectivity index (χ3v) is 6.09. The van der Waals surface area contributed by atoms with Crippen LogP contribution in [0.4, 0.5) is 46.0 Å². The summed E-state index contributed by atoms with van der Waals surface area (Å²) in [5.41, 5.74) is -3.21. The molecule has 2 unspecified atom stereocenters. The van der Waals surface area contributed by atoms with Crippen LogP contribution in [0.3, 0.4) is 0 Å². The molecule has 0 spiro atoms. The summed E-state index contributed by atoms with van der Waals surface area (Å²) in [7, 11) is 0.998. The van der Waals surface area contributed by atoms with Crippen LogP contribution in [0.15, 0.2) is 30.3 Å². The molecule has 0 N–H and O–H groups in total. The van der Waals surface area contributed by atoms with E-state index in [0.29, 0.717) is 17.7 Å². The monoisotopic (exact) mass is 550 g/mol. The average molecular weight is 550 g/mol. The van der Waals surface area contributed by atoms with Gasteiger partial charge in [-0.05, 0) is 62.6 Å². The molecule has 1 heterocycles. The van der Waals surface area contributed by atoms with E-state index >= 15 is 4.39 Å². The SMILES string of the molecule is CCOC(=O)N1c2c(F)cc(C)cc2C(N(Cc2cc(C(F)(F)F)cc(C(F)(F)F)c2)C(=O)OC)CC1C. The number of halogens is 7. The molecule has 2 aromatic carbocycles. The van der Waals surface area contributed by atoms with Crippen LogP contribution in [-0.2, 0) is 28.4 Å². The molecule has 2 atom stereocenters. The van der Waals surface area contributed by atoms with Crippen LogP contribution in [-0.4, -0.2) is 36.8 Å². The molecule has 1 aliphatic heterocycles. The lowest BCUT2D eigenvalue weighted by atomic mass is 9.89. The Morgan fingerprint density at radius 3 is 2.11 bits per heavy atom. The molecule has 0 fully saturated rings. The van der Waals surface area contributed by atoms with Crippen molar-refractivity contribution in [3.63, 3.8) is 0 Å². The fourth-order valence-corrected chi connectivity index (χ4v) is 4.53. The first kappa shape index (κ1) is 29.1. The fourth-order valence-electron chi connectivity index (χ4n) is 4.53. The second-order valence-corrected chi connectivity index (χ2v) is 8.87. The topological polar surface area (TPSA) is 59.1 Å². The maximum atomic E-state index is 15.2. The van der Waals surface area contributed by atoms with E-state index in [0.717, 1.165) is 23.0 Å². The fraction of sp³-hybridized carbons (Fsp3) is 0.440. The predicted octanol–water partition coefficient (Wildman–Crippen LogP) is 7.24. The summed E-state index contributed by atoms with van der Waals surface area (Å²) in [5, 5.41) is 0. The first-order chi connectivity index (χ1) is 17.6. The molecule has 0 radical (unpaired) electrons. The third-order valence-electron chi connectivity index (χ3n) is 6.09. The first-order valence-corrected chi connectivity index (χ1v) is 11.5. The number of hydrogen-bond acceptors (Lipinski definition) is 4. The van der Waals surface area contributed by atoms with Gasteiger partial charge in [0.15, 0.2) is 0 Å². The molecular weight excluding hydrogens is 525 g/mol. The number of amides is 2. The van der Waals surface area contributed by atoms with Gasteiger partial charge in [0.05, 0.1) is 36.6 Å². The summed E-state index contributed by atoms with van der Waals surface area (Å²) in [4.78, 5) is 27.5.